The first-order chi connectivity index (χ1) is 19.0. The quantitative estimate of drug-likeness (QED) is 0.398. The van der Waals surface area contributed by atoms with Crippen LogP contribution in [-0.4, -0.2) is 66.5 Å². The second kappa shape index (κ2) is 9.79. The van der Waals surface area contributed by atoms with Crippen LogP contribution in [-0.2, 0) is 17.8 Å². The molecule has 3 fully saturated rings. The number of fused-ring (bicyclic) bond motifs is 3. The van der Waals surface area contributed by atoms with Crippen LogP contribution in [0.5, 0.6) is 6.01 Å². The van der Waals surface area contributed by atoms with E-state index in [1.165, 1.54) is 18.1 Å². The number of allylic oxidation sites excluding steroid dienone is 1. The highest BCUT2D eigenvalue weighted by Crippen LogP contribution is 2.53. The number of rotatable bonds is 7. The second-order valence-corrected chi connectivity index (χ2v) is 11.9. The van der Waals surface area contributed by atoms with Gasteiger partial charge in [0.2, 0.25) is 0 Å². The van der Waals surface area contributed by atoms with Crippen molar-refractivity contribution in [3.63, 3.8) is 0 Å². The number of carbonyl (C=O) groups excluding carboxylic acids is 1. The molecular weight excluding hydrogens is 510 g/mol. The van der Waals surface area contributed by atoms with Crippen molar-refractivity contribution >= 4 is 39.7 Å². The predicted molar refractivity (Wildman–Crippen MR) is 155 cm³/mol. The van der Waals surface area contributed by atoms with Crippen LogP contribution in [0.1, 0.15) is 24.1 Å². The number of nitrogens with zero attached hydrogens (tertiary/aromatic N) is 5. The average Bonchev–Trinajstić information content (AvgIpc) is 3.23. The van der Waals surface area contributed by atoms with Gasteiger partial charge in [0.05, 0.1) is 17.3 Å². The Bertz CT molecular complexity index is 1440. The molecule has 1 saturated carbocycles. The molecule has 2 saturated heterocycles. The first kappa shape index (κ1) is 24.9. The summed E-state index contributed by atoms with van der Waals surface area (Å²) >= 11 is 6.68. The van der Waals surface area contributed by atoms with Gasteiger partial charge in [-0.1, -0.05) is 42.4 Å². The van der Waals surface area contributed by atoms with Crippen molar-refractivity contribution in [1.82, 2.24) is 14.9 Å². The zero-order chi connectivity index (χ0) is 26.7. The number of carbonyl (C=O) groups is 1. The van der Waals surface area contributed by atoms with Gasteiger partial charge in [-0.3, -0.25) is 4.79 Å². The first-order valence-electron chi connectivity index (χ1n) is 14.1. The fourth-order valence-corrected chi connectivity index (χ4v) is 7.36. The molecule has 39 heavy (non-hydrogen) atoms. The Morgan fingerprint density at radius 3 is 2.67 bits per heavy atom. The van der Waals surface area contributed by atoms with Gasteiger partial charge in [-0.2, -0.15) is 9.97 Å². The summed E-state index contributed by atoms with van der Waals surface area (Å²) in [5, 5.41) is 2.98. The van der Waals surface area contributed by atoms with Crippen molar-refractivity contribution in [1.29, 1.82) is 0 Å². The van der Waals surface area contributed by atoms with Gasteiger partial charge in [0.1, 0.15) is 12.4 Å². The molecule has 7 rings (SSSR count). The largest absolute Gasteiger partial charge is 0.462 e. The maximum absolute atomic E-state index is 12.2. The number of likely N-dealkylation sites (tertiary alicyclic amines) is 1. The summed E-state index contributed by atoms with van der Waals surface area (Å²) < 4.78 is 6.27. The van der Waals surface area contributed by atoms with Crippen LogP contribution in [0.15, 0.2) is 49.1 Å². The Balaban J connectivity index is 1.20. The molecule has 3 aliphatic heterocycles. The lowest BCUT2D eigenvalue weighted by molar-refractivity contribution is -0.116. The minimum Gasteiger partial charge on any atom is -0.462 e. The number of anilines is 2. The molecule has 4 aliphatic rings. The Morgan fingerprint density at radius 1 is 1.13 bits per heavy atom. The number of piperidine rings is 1. The molecule has 0 N–H and O–H groups in total. The van der Waals surface area contributed by atoms with E-state index < -0.39 is 0 Å². The lowest BCUT2D eigenvalue weighted by Gasteiger charge is -2.34. The maximum Gasteiger partial charge on any atom is 0.318 e. The van der Waals surface area contributed by atoms with Crippen molar-refractivity contribution in [2.75, 3.05) is 49.6 Å². The standard InChI is InChI=1S/C31H34ClN5O2/c1-3-27(38)29-22-15-37(16-23(22)29)30-21-12-14-36(26-11-5-8-19-7-4-10-24(32)28(19)26)17-25(21)33-31(34-30)39-18-20-9-6-13-35(20)2/h3-5,7-8,10-11,20,22-23,29H,1,6,9,12-18H2,2H3/t20-,22-,23+,29?/m0/s1. The van der Waals surface area contributed by atoms with Crippen molar-refractivity contribution in [3.8, 4) is 6.01 Å². The van der Waals surface area contributed by atoms with E-state index in [-0.39, 0.29) is 11.7 Å². The summed E-state index contributed by atoms with van der Waals surface area (Å²) in [7, 11) is 2.16. The number of benzene rings is 2. The van der Waals surface area contributed by atoms with E-state index in [9.17, 15) is 4.79 Å². The molecule has 2 aromatic carbocycles. The van der Waals surface area contributed by atoms with Crippen molar-refractivity contribution in [3.05, 3.63) is 65.3 Å². The van der Waals surface area contributed by atoms with Gasteiger partial charge in [0, 0.05) is 48.2 Å². The lowest BCUT2D eigenvalue weighted by Crippen LogP contribution is -2.35. The van der Waals surface area contributed by atoms with E-state index in [0.29, 0.717) is 37.0 Å². The molecule has 0 spiro atoms. The van der Waals surface area contributed by atoms with Gasteiger partial charge < -0.3 is 19.4 Å². The Labute approximate surface area is 234 Å². The van der Waals surface area contributed by atoms with Gasteiger partial charge in [-0.15, -0.1) is 0 Å². The van der Waals surface area contributed by atoms with Crippen molar-refractivity contribution in [2.45, 2.75) is 31.8 Å². The van der Waals surface area contributed by atoms with Gasteiger partial charge in [0.25, 0.3) is 0 Å². The molecule has 1 aromatic heterocycles. The molecule has 0 amide bonds. The number of ether oxygens (including phenoxy) is 1. The Hall–Kier alpha value is -3.16. The zero-order valence-electron chi connectivity index (χ0n) is 22.4. The SMILES string of the molecule is C=CC(=O)C1[C@H]2CN(c3nc(OC[C@@H]4CCCN4C)nc4c3CCN(c3cccc5cccc(Cl)c35)C4)C[C@@H]12. The van der Waals surface area contributed by atoms with E-state index in [0.717, 1.165) is 72.0 Å². The first-order valence-corrected chi connectivity index (χ1v) is 14.5. The minimum absolute atomic E-state index is 0.136. The monoisotopic (exact) mass is 543 g/mol. The van der Waals surface area contributed by atoms with Crippen molar-refractivity contribution < 1.29 is 9.53 Å². The van der Waals surface area contributed by atoms with Crippen LogP contribution in [0.4, 0.5) is 11.5 Å². The predicted octanol–water partition coefficient (Wildman–Crippen LogP) is 4.76. The number of ketones is 1. The van der Waals surface area contributed by atoms with Crippen LogP contribution in [0.25, 0.3) is 10.8 Å². The number of likely N-dealkylation sites (N-methyl/N-ethyl adjacent to an activating group) is 1. The molecule has 202 valence electrons. The summed E-state index contributed by atoms with van der Waals surface area (Å²) in [6, 6.07) is 13.3. The molecule has 1 aliphatic carbocycles. The summed E-state index contributed by atoms with van der Waals surface area (Å²) in [4.78, 5) is 29.3. The van der Waals surface area contributed by atoms with Gasteiger partial charge >= 0.3 is 6.01 Å². The fraction of sp³-hybridized carbons (Fsp3) is 0.452. The topological polar surface area (TPSA) is 61.8 Å². The third-order valence-corrected chi connectivity index (χ3v) is 9.61. The van der Waals surface area contributed by atoms with Crippen LogP contribution in [0, 0.1) is 17.8 Å². The fourth-order valence-electron chi connectivity index (χ4n) is 7.08. The van der Waals surface area contributed by atoms with E-state index in [2.05, 4.69) is 52.6 Å². The molecule has 3 aromatic rings. The highest BCUT2D eigenvalue weighted by molar-refractivity contribution is 6.36. The number of aromatic nitrogens is 2. The van der Waals surface area contributed by atoms with E-state index in [4.69, 9.17) is 26.3 Å². The second-order valence-electron chi connectivity index (χ2n) is 11.5. The van der Waals surface area contributed by atoms with Crippen molar-refractivity contribution in [2.24, 2.45) is 17.8 Å². The summed E-state index contributed by atoms with van der Waals surface area (Å²) in [6.07, 6.45) is 4.67. The number of halogens is 1. The summed E-state index contributed by atoms with van der Waals surface area (Å²) in [6.45, 7) is 8.63. The molecule has 8 heteroatoms. The minimum atomic E-state index is 0.136. The third-order valence-electron chi connectivity index (χ3n) is 9.29. The highest BCUT2D eigenvalue weighted by atomic mass is 35.5. The Kier molecular flexibility index (Phi) is 6.24. The molecule has 7 nitrogen and oxygen atoms in total. The smallest absolute Gasteiger partial charge is 0.318 e. The lowest BCUT2D eigenvalue weighted by atomic mass is 10.0. The highest BCUT2D eigenvalue weighted by Gasteiger charge is 2.59. The molecule has 4 heterocycles. The van der Waals surface area contributed by atoms with Crippen LogP contribution >= 0.6 is 11.6 Å². The van der Waals surface area contributed by atoms with Gasteiger partial charge in [-0.05, 0) is 68.3 Å². The van der Waals surface area contributed by atoms with Crippen LogP contribution in [0.2, 0.25) is 5.02 Å². The zero-order valence-corrected chi connectivity index (χ0v) is 23.1. The molecule has 0 radical (unpaired) electrons. The average molecular weight is 544 g/mol. The molecular formula is C31H34ClN5O2. The van der Waals surface area contributed by atoms with Gasteiger partial charge in [0.15, 0.2) is 5.78 Å². The van der Waals surface area contributed by atoms with Crippen LogP contribution in [0.3, 0.4) is 0 Å². The molecule has 1 unspecified atom stereocenters. The van der Waals surface area contributed by atoms with E-state index in [1.807, 2.05) is 12.1 Å². The normalized spacial score (nSPS) is 26.0. The molecule has 4 atom stereocenters. The third kappa shape index (κ3) is 4.36. The van der Waals surface area contributed by atoms with E-state index >= 15 is 0 Å². The van der Waals surface area contributed by atoms with Crippen LogP contribution < -0.4 is 14.5 Å². The molecule has 0 bridgehead atoms. The van der Waals surface area contributed by atoms with Gasteiger partial charge in [-0.25, -0.2) is 0 Å². The maximum atomic E-state index is 12.2. The van der Waals surface area contributed by atoms with E-state index in [1.54, 1.807) is 0 Å². The number of hydrogen-bond donors (Lipinski definition) is 0. The number of hydrogen-bond acceptors (Lipinski definition) is 7. The summed E-state index contributed by atoms with van der Waals surface area (Å²) in [5.74, 6) is 2.11. The Morgan fingerprint density at radius 2 is 1.92 bits per heavy atom. The summed E-state index contributed by atoms with van der Waals surface area (Å²) in [5.41, 5.74) is 3.35.